The van der Waals surface area contributed by atoms with E-state index in [1.54, 1.807) is 0 Å². The number of hydrogen-bond acceptors (Lipinski definition) is 2. The molecule has 2 heterocycles. The third kappa shape index (κ3) is 2.39. The van der Waals surface area contributed by atoms with Gasteiger partial charge < -0.3 is 5.32 Å². The molecule has 1 saturated carbocycles. The van der Waals surface area contributed by atoms with Gasteiger partial charge in [-0.25, -0.2) is 0 Å². The van der Waals surface area contributed by atoms with Crippen LogP contribution < -0.4 is 5.32 Å². The Morgan fingerprint density at radius 1 is 1.18 bits per heavy atom. The van der Waals surface area contributed by atoms with Crippen LogP contribution in [0.5, 0.6) is 0 Å². The molecule has 1 unspecified atom stereocenters. The summed E-state index contributed by atoms with van der Waals surface area (Å²) in [5.74, 6) is 1.05. The molecule has 0 amide bonds. The van der Waals surface area contributed by atoms with Crippen molar-refractivity contribution in [1.82, 2.24) is 10.2 Å². The van der Waals surface area contributed by atoms with Gasteiger partial charge >= 0.3 is 0 Å². The van der Waals surface area contributed by atoms with E-state index >= 15 is 0 Å². The van der Waals surface area contributed by atoms with Gasteiger partial charge in [0.2, 0.25) is 0 Å². The van der Waals surface area contributed by atoms with Crippen LogP contribution in [-0.4, -0.2) is 37.1 Å². The van der Waals surface area contributed by atoms with Crippen LogP contribution in [0.2, 0.25) is 0 Å². The molecule has 2 saturated heterocycles. The molecule has 2 heteroatoms. The summed E-state index contributed by atoms with van der Waals surface area (Å²) in [6, 6.07) is 0.860. The van der Waals surface area contributed by atoms with Crippen LogP contribution in [-0.2, 0) is 0 Å². The molecule has 0 aromatic heterocycles. The van der Waals surface area contributed by atoms with E-state index in [4.69, 9.17) is 0 Å². The monoisotopic (exact) mass is 236 g/mol. The van der Waals surface area contributed by atoms with Crippen molar-refractivity contribution in [2.75, 3.05) is 26.2 Å². The van der Waals surface area contributed by atoms with Crippen molar-refractivity contribution in [1.29, 1.82) is 0 Å². The molecule has 17 heavy (non-hydrogen) atoms. The summed E-state index contributed by atoms with van der Waals surface area (Å²) in [5.41, 5.74) is 0.753. The molecule has 3 aliphatic rings. The van der Waals surface area contributed by atoms with Crippen LogP contribution in [0, 0.1) is 11.3 Å². The number of piperidine rings is 1. The largest absolute Gasteiger partial charge is 0.315 e. The Morgan fingerprint density at radius 2 is 1.94 bits per heavy atom. The van der Waals surface area contributed by atoms with Gasteiger partial charge in [-0.15, -0.1) is 0 Å². The predicted molar refractivity (Wildman–Crippen MR) is 72.1 cm³/mol. The highest BCUT2D eigenvalue weighted by Gasteiger charge is 2.46. The fraction of sp³-hybridized carbons (Fsp3) is 1.00. The Morgan fingerprint density at radius 3 is 2.53 bits per heavy atom. The number of likely N-dealkylation sites (tertiary alicyclic amines) is 1. The van der Waals surface area contributed by atoms with Crippen molar-refractivity contribution >= 4 is 0 Å². The van der Waals surface area contributed by atoms with Gasteiger partial charge in [-0.1, -0.05) is 13.3 Å². The second kappa shape index (κ2) is 4.89. The topological polar surface area (TPSA) is 15.3 Å². The van der Waals surface area contributed by atoms with Crippen molar-refractivity contribution in [2.45, 2.75) is 57.9 Å². The summed E-state index contributed by atoms with van der Waals surface area (Å²) in [4.78, 5) is 2.76. The van der Waals surface area contributed by atoms with E-state index in [0.717, 1.165) is 17.4 Å². The standard InChI is InChI=1S/C15H28N2/c1-2-13-5-7-15(8-6-13)11-17(12-15)14-4-3-9-16-10-14/h13-14,16H,2-12H2,1H3. The molecule has 3 fully saturated rings. The highest BCUT2D eigenvalue weighted by molar-refractivity contribution is 5.00. The molecular formula is C15H28N2. The van der Waals surface area contributed by atoms with Crippen molar-refractivity contribution in [3.8, 4) is 0 Å². The summed E-state index contributed by atoms with van der Waals surface area (Å²) in [5, 5.41) is 3.55. The zero-order valence-electron chi connectivity index (χ0n) is 11.4. The maximum atomic E-state index is 3.55. The Kier molecular flexibility index (Phi) is 3.45. The molecule has 98 valence electrons. The number of rotatable bonds is 2. The van der Waals surface area contributed by atoms with Gasteiger partial charge in [-0.05, 0) is 56.4 Å². The number of hydrogen-bond donors (Lipinski definition) is 1. The van der Waals surface area contributed by atoms with Crippen LogP contribution >= 0.6 is 0 Å². The Balaban J connectivity index is 1.47. The third-order valence-electron chi connectivity index (χ3n) is 5.61. The SMILES string of the molecule is CCC1CCC2(CC1)CN(C1CCCNC1)C2. The Labute approximate surface area is 106 Å². The molecule has 0 aromatic carbocycles. The Bertz CT molecular complexity index is 242. The van der Waals surface area contributed by atoms with Gasteiger partial charge in [0.25, 0.3) is 0 Å². The smallest absolute Gasteiger partial charge is 0.0221 e. The van der Waals surface area contributed by atoms with E-state index in [-0.39, 0.29) is 0 Å². The van der Waals surface area contributed by atoms with E-state index in [1.165, 1.54) is 71.1 Å². The van der Waals surface area contributed by atoms with Crippen molar-refractivity contribution in [3.05, 3.63) is 0 Å². The summed E-state index contributed by atoms with van der Waals surface area (Å²) in [6.45, 7) is 7.68. The van der Waals surface area contributed by atoms with Gasteiger partial charge in [0.15, 0.2) is 0 Å². The summed E-state index contributed by atoms with van der Waals surface area (Å²) < 4.78 is 0. The molecule has 2 nitrogen and oxygen atoms in total. The first-order valence-electron chi connectivity index (χ1n) is 7.76. The summed E-state index contributed by atoms with van der Waals surface area (Å²) in [6.07, 6.45) is 10.3. The van der Waals surface area contributed by atoms with Crippen LogP contribution in [0.25, 0.3) is 0 Å². The van der Waals surface area contributed by atoms with E-state index in [1.807, 2.05) is 0 Å². The fourth-order valence-corrected chi connectivity index (χ4v) is 4.23. The minimum Gasteiger partial charge on any atom is -0.315 e. The van der Waals surface area contributed by atoms with Crippen LogP contribution in [0.15, 0.2) is 0 Å². The maximum Gasteiger partial charge on any atom is 0.0221 e. The lowest BCUT2D eigenvalue weighted by molar-refractivity contribution is -0.0672. The first-order valence-corrected chi connectivity index (χ1v) is 7.76. The lowest BCUT2D eigenvalue weighted by Gasteiger charge is -2.56. The predicted octanol–water partition coefficient (Wildman–Crippen LogP) is 2.64. The lowest BCUT2D eigenvalue weighted by Crippen LogP contribution is -2.63. The highest BCUT2D eigenvalue weighted by Crippen LogP contribution is 2.47. The second-order valence-electron chi connectivity index (χ2n) is 6.76. The average Bonchev–Trinajstić information content (AvgIpc) is 2.37. The average molecular weight is 236 g/mol. The van der Waals surface area contributed by atoms with Crippen LogP contribution in [0.4, 0.5) is 0 Å². The highest BCUT2D eigenvalue weighted by atomic mass is 15.3. The molecule has 2 aliphatic heterocycles. The van der Waals surface area contributed by atoms with Crippen LogP contribution in [0.1, 0.15) is 51.9 Å². The van der Waals surface area contributed by atoms with Gasteiger partial charge in [-0.2, -0.15) is 0 Å². The van der Waals surface area contributed by atoms with Gasteiger partial charge in [0, 0.05) is 25.7 Å². The Hall–Kier alpha value is -0.0800. The van der Waals surface area contributed by atoms with E-state index in [9.17, 15) is 0 Å². The van der Waals surface area contributed by atoms with Crippen molar-refractivity contribution in [2.24, 2.45) is 11.3 Å². The minimum atomic E-state index is 0.753. The zero-order chi connectivity index (χ0) is 11.7. The quantitative estimate of drug-likeness (QED) is 0.793. The molecule has 1 N–H and O–H groups in total. The first kappa shape index (κ1) is 12.0. The molecule has 0 bridgehead atoms. The summed E-state index contributed by atoms with van der Waals surface area (Å²) >= 11 is 0. The van der Waals surface area contributed by atoms with Gasteiger partial charge in [0.1, 0.15) is 0 Å². The summed E-state index contributed by atoms with van der Waals surface area (Å²) in [7, 11) is 0. The number of nitrogens with zero attached hydrogens (tertiary/aromatic N) is 1. The molecule has 3 rings (SSSR count). The van der Waals surface area contributed by atoms with Crippen LogP contribution in [0.3, 0.4) is 0 Å². The van der Waals surface area contributed by atoms with E-state index < -0.39 is 0 Å². The van der Waals surface area contributed by atoms with Gasteiger partial charge in [0.05, 0.1) is 0 Å². The van der Waals surface area contributed by atoms with Crippen molar-refractivity contribution < 1.29 is 0 Å². The van der Waals surface area contributed by atoms with Crippen molar-refractivity contribution in [3.63, 3.8) is 0 Å². The number of nitrogens with one attached hydrogen (secondary N) is 1. The third-order valence-corrected chi connectivity index (χ3v) is 5.61. The lowest BCUT2D eigenvalue weighted by atomic mass is 9.65. The second-order valence-corrected chi connectivity index (χ2v) is 6.76. The first-order chi connectivity index (χ1) is 8.31. The normalized spacial score (nSPS) is 34.8. The fourth-order valence-electron chi connectivity index (χ4n) is 4.23. The van der Waals surface area contributed by atoms with Gasteiger partial charge in [-0.3, -0.25) is 4.90 Å². The molecule has 1 spiro atoms. The molecule has 0 aromatic rings. The maximum absolute atomic E-state index is 3.55. The molecule has 0 radical (unpaired) electrons. The zero-order valence-corrected chi connectivity index (χ0v) is 11.4. The minimum absolute atomic E-state index is 0.753. The molecule has 1 aliphatic carbocycles. The van der Waals surface area contributed by atoms with E-state index in [2.05, 4.69) is 17.1 Å². The molecule has 1 atom stereocenters. The molecular weight excluding hydrogens is 208 g/mol. The van der Waals surface area contributed by atoms with E-state index in [0.29, 0.717) is 0 Å².